The SMILES string of the molecule is Cc1cccc(-n2nc3c(c2NC(=O)c2cccc4ccccc24)CSC3)c1. The molecule has 5 rings (SSSR count). The average molecular weight is 385 g/mol. The number of amides is 1. The minimum atomic E-state index is -0.106. The van der Waals surface area contributed by atoms with Crippen LogP contribution in [0.1, 0.15) is 27.2 Å². The van der Waals surface area contributed by atoms with Gasteiger partial charge >= 0.3 is 0 Å². The van der Waals surface area contributed by atoms with Crippen LogP contribution in [-0.2, 0) is 11.5 Å². The van der Waals surface area contributed by atoms with Crippen molar-refractivity contribution in [1.82, 2.24) is 9.78 Å². The minimum absolute atomic E-state index is 0.106. The van der Waals surface area contributed by atoms with Gasteiger partial charge in [-0.25, -0.2) is 4.68 Å². The number of aryl methyl sites for hydroxylation is 1. The van der Waals surface area contributed by atoms with E-state index in [0.29, 0.717) is 5.56 Å². The van der Waals surface area contributed by atoms with Crippen LogP contribution in [0, 0.1) is 6.92 Å². The Morgan fingerprint density at radius 1 is 1.04 bits per heavy atom. The summed E-state index contributed by atoms with van der Waals surface area (Å²) in [6, 6.07) is 22.0. The lowest BCUT2D eigenvalue weighted by atomic mass is 10.0. The molecule has 1 aromatic heterocycles. The number of anilines is 1. The maximum atomic E-state index is 13.2. The normalized spacial score (nSPS) is 12.9. The number of carbonyl (C=O) groups is 1. The molecule has 0 radical (unpaired) electrons. The number of nitrogens with one attached hydrogen (secondary N) is 1. The number of thioether (sulfide) groups is 1. The molecule has 1 aliphatic rings. The molecule has 0 bridgehead atoms. The van der Waals surface area contributed by atoms with Crippen molar-refractivity contribution in [2.45, 2.75) is 18.4 Å². The van der Waals surface area contributed by atoms with Gasteiger partial charge in [0, 0.05) is 22.6 Å². The first-order chi connectivity index (χ1) is 13.7. The van der Waals surface area contributed by atoms with Crippen molar-refractivity contribution >= 4 is 34.3 Å². The van der Waals surface area contributed by atoms with Crippen LogP contribution in [0.25, 0.3) is 16.5 Å². The molecule has 0 spiro atoms. The highest BCUT2D eigenvalue weighted by atomic mass is 32.2. The standard InChI is InChI=1S/C23H19N3OS/c1-15-6-4-9-17(12-15)26-22(20-13-28-14-21(20)25-26)24-23(27)19-11-5-8-16-7-2-3-10-18(16)19/h2-12H,13-14H2,1H3,(H,24,27). The van der Waals surface area contributed by atoms with E-state index < -0.39 is 0 Å². The Bertz CT molecular complexity index is 1210. The summed E-state index contributed by atoms with van der Waals surface area (Å²) >= 11 is 1.83. The predicted molar refractivity (Wildman–Crippen MR) is 115 cm³/mol. The quantitative estimate of drug-likeness (QED) is 0.518. The smallest absolute Gasteiger partial charge is 0.257 e. The lowest BCUT2D eigenvalue weighted by Gasteiger charge is -2.12. The molecular weight excluding hydrogens is 366 g/mol. The van der Waals surface area contributed by atoms with Gasteiger partial charge in [0.1, 0.15) is 5.82 Å². The van der Waals surface area contributed by atoms with Crippen molar-refractivity contribution in [2.75, 3.05) is 5.32 Å². The Balaban J connectivity index is 1.59. The average Bonchev–Trinajstić information content (AvgIpc) is 3.30. The fourth-order valence-corrected chi connectivity index (χ4v) is 4.72. The molecule has 4 nitrogen and oxygen atoms in total. The number of fused-ring (bicyclic) bond motifs is 2. The molecule has 138 valence electrons. The van der Waals surface area contributed by atoms with Gasteiger partial charge in [-0.1, -0.05) is 48.5 Å². The van der Waals surface area contributed by atoms with Crippen LogP contribution in [0.2, 0.25) is 0 Å². The fraction of sp³-hybridized carbons (Fsp3) is 0.130. The molecule has 0 atom stereocenters. The van der Waals surface area contributed by atoms with Gasteiger partial charge in [0.05, 0.1) is 11.4 Å². The van der Waals surface area contributed by atoms with Crippen LogP contribution < -0.4 is 5.32 Å². The number of hydrogen-bond acceptors (Lipinski definition) is 3. The summed E-state index contributed by atoms with van der Waals surface area (Å²) in [7, 11) is 0. The summed E-state index contributed by atoms with van der Waals surface area (Å²) in [6.45, 7) is 2.06. The summed E-state index contributed by atoms with van der Waals surface area (Å²) in [4.78, 5) is 13.2. The van der Waals surface area contributed by atoms with Crippen LogP contribution in [0.3, 0.4) is 0 Å². The van der Waals surface area contributed by atoms with E-state index in [4.69, 9.17) is 5.10 Å². The van der Waals surface area contributed by atoms with Gasteiger partial charge in [-0.15, -0.1) is 0 Å². The summed E-state index contributed by atoms with van der Waals surface area (Å²) in [5.74, 6) is 2.42. The number of carbonyl (C=O) groups excluding carboxylic acids is 1. The van der Waals surface area contributed by atoms with Gasteiger partial charge < -0.3 is 5.32 Å². The van der Waals surface area contributed by atoms with Crippen molar-refractivity contribution < 1.29 is 4.79 Å². The molecule has 0 aliphatic carbocycles. The molecule has 1 aliphatic heterocycles. The van der Waals surface area contributed by atoms with Gasteiger partial charge in [0.25, 0.3) is 5.91 Å². The third kappa shape index (κ3) is 2.88. The van der Waals surface area contributed by atoms with Crippen molar-refractivity contribution in [3.8, 4) is 5.69 Å². The Kier molecular flexibility index (Phi) is 4.17. The van der Waals surface area contributed by atoms with Crippen molar-refractivity contribution in [1.29, 1.82) is 0 Å². The lowest BCUT2D eigenvalue weighted by molar-refractivity contribution is 0.102. The van der Waals surface area contributed by atoms with Gasteiger partial charge in [-0.05, 0) is 41.5 Å². The van der Waals surface area contributed by atoms with Crippen molar-refractivity contribution in [2.24, 2.45) is 0 Å². The molecular formula is C23H19N3OS. The van der Waals surface area contributed by atoms with E-state index in [0.717, 1.165) is 50.6 Å². The second-order valence-electron chi connectivity index (χ2n) is 7.00. The zero-order valence-electron chi connectivity index (χ0n) is 15.5. The van der Waals surface area contributed by atoms with Crippen LogP contribution in [0.4, 0.5) is 5.82 Å². The molecule has 3 aromatic carbocycles. The molecule has 5 heteroatoms. The van der Waals surface area contributed by atoms with Crippen LogP contribution in [0.15, 0.2) is 66.7 Å². The second-order valence-corrected chi connectivity index (χ2v) is 7.98. The van der Waals surface area contributed by atoms with Crippen LogP contribution in [-0.4, -0.2) is 15.7 Å². The van der Waals surface area contributed by atoms with Crippen LogP contribution >= 0.6 is 11.8 Å². The largest absolute Gasteiger partial charge is 0.306 e. The molecule has 1 amide bonds. The maximum Gasteiger partial charge on any atom is 0.257 e. The van der Waals surface area contributed by atoms with E-state index >= 15 is 0 Å². The number of aromatic nitrogens is 2. The lowest BCUT2D eigenvalue weighted by Crippen LogP contribution is -2.16. The number of nitrogens with zero attached hydrogens (tertiary/aromatic N) is 2. The van der Waals surface area contributed by atoms with Gasteiger partial charge in [0.15, 0.2) is 0 Å². The topological polar surface area (TPSA) is 46.9 Å². The fourth-order valence-electron chi connectivity index (χ4n) is 3.69. The first-order valence-corrected chi connectivity index (χ1v) is 10.4. The first kappa shape index (κ1) is 17.1. The predicted octanol–water partition coefficient (Wildman–Crippen LogP) is 5.33. The summed E-state index contributed by atoms with van der Waals surface area (Å²) in [5, 5.41) is 9.97. The summed E-state index contributed by atoms with van der Waals surface area (Å²) < 4.78 is 1.88. The molecule has 1 N–H and O–H groups in total. The van der Waals surface area contributed by atoms with E-state index in [-0.39, 0.29) is 5.91 Å². The molecule has 0 saturated heterocycles. The summed E-state index contributed by atoms with van der Waals surface area (Å²) in [5.41, 5.74) is 4.98. The first-order valence-electron chi connectivity index (χ1n) is 9.25. The molecule has 2 heterocycles. The van der Waals surface area contributed by atoms with E-state index in [1.54, 1.807) is 0 Å². The Morgan fingerprint density at radius 2 is 1.86 bits per heavy atom. The highest BCUT2D eigenvalue weighted by Gasteiger charge is 2.25. The highest BCUT2D eigenvalue weighted by Crippen LogP contribution is 2.36. The zero-order chi connectivity index (χ0) is 19.1. The van der Waals surface area contributed by atoms with Crippen molar-refractivity contribution in [3.05, 3.63) is 89.1 Å². The Labute approximate surface area is 167 Å². The number of benzene rings is 3. The van der Waals surface area contributed by atoms with Gasteiger partial charge in [-0.2, -0.15) is 16.9 Å². The Morgan fingerprint density at radius 3 is 2.75 bits per heavy atom. The van der Waals surface area contributed by atoms with E-state index in [2.05, 4.69) is 24.4 Å². The summed E-state index contributed by atoms with van der Waals surface area (Å²) in [6.07, 6.45) is 0. The molecule has 4 aromatic rings. The third-order valence-electron chi connectivity index (χ3n) is 5.06. The van der Waals surface area contributed by atoms with E-state index in [9.17, 15) is 4.79 Å². The van der Waals surface area contributed by atoms with E-state index in [1.165, 1.54) is 0 Å². The molecule has 28 heavy (non-hydrogen) atoms. The maximum absolute atomic E-state index is 13.2. The zero-order valence-corrected chi connectivity index (χ0v) is 16.3. The third-order valence-corrected chi connectivity index (χ3v) is 6.03. The van der Waals surface area contributed by atoms with Gasteiger partial charge in [0.2, 0.25) is 0 Å². The molecule has 0 fully saturated rings. The van der Waals surface area contributed by atoms with Crippen LogP contribution in [0.5, 0.6) is 0 Å². The van der Waals surface area contributed by atoms with E-state index in [1.807, 2.05) is 71.0 Å². The number of hydrogen-bond donors (Lipinski definition) is 1. The number of rotatable bonds is 3. The van der Waals surface area contributed by atoms with Gasteiger partial charge in [-0.3, -0.25) is 4.79 Å². The molecule has 0 saturated carbocycles. The molecule has 0 unspecified atom stereocenters. The second kappa shape index (κ2) is 6.84. The monoisotopic (exact) mass is 385 g/mol. The highest BCUT2D eigenvalue weighted by molar-refractivity contribution is 7.98. The van der Waals surface area contributed by atoms with Crippen molar-refractivity contribution in [3.63, 3.8) is 0 Å². The Hall–Kier alpha value is -3.05. The minimum Gasteiger partial charge on any atom is -0.306 e.